The lowest BCUT2D eigenvalue weighted by atomic mass is 9.75. The minimum Gasteiger partial charge on any atom is -0.380 e. The van der Waals surface area contributed by atoms with Crippen LogP contribution in [0.15, 0.2) is 0 Å². The maximum absolute atomic E-state index is 5.47. The molecule has 2 heterocycles. The summed E-state index contributed by atoms with van der Waals surface area (Å²) < 4.78 is 5.47. The fourth-order valence-electron chi connectivity index (χ4n) is 3.58. The monoisotopic (exact) mass is 240 g/mol. The first kappa shape index (κ1) is 13.3. The Morgan fingerprint density at radius 3 is 2.71 bits per heavy atom. The van der Waals surface area contributed by atoms with Crippen LogP contribution in [0.3, 0.4) is 0 Å². The zero-order chi connectivity index (χ0) is 12.1. The number of nitrogens with one attached hydrogen (secondary N) is 1. The summed E-state index contributed by atoms with van der Waals surface area (Å²) in [7, 11) is 1.85. The van der Waals surface area contributed by atoms with Gasteiger partial charge in [-0.15, -0.1) is 0 Å². The molecule has 0 amide bonds. The molecule has 3 heteroatoms. The van der Waals surface area contributed by atoms with Crippen molar-refractivity contribution in [3.8, 4) is 0 Å². The van der Waals surface area contributed by atoms with Gasteiger partial charge in [-0.1, -0.05) is 13.3 Å². The molecule has 2 rings (SSSR count). The minimum atomic E-state index is 0.482. The Morgan fingerprint density at radius 1 is 1.35 bits per heavy atom. The van der Waals surface area contributed by atoms with E-state index >= 15 is 0 Å². The number of ether oxygens (including phenoxy) is 1. The zero-order valence-electron chi connectivity index (χ0n) is 11.5. The maximum atomic E-state index is 5.47. The van der Waals surface area contributed by atoms with Gasteiger partial charge < -0.3 is 15.0 Å². The van der Waals surface area contributed by atoms with Crippen molar-refractivity contribution >= 4 is 0 Å². The molecule has 0 saturated carbocycles. The van der Waals surface area contributed by atoms with E-state index in [-0.39, 0.29) is 0 Å². The third kappa shape index (κ3) is 3.43. The summed E-state index contributed by atoms with van der Waals surface area (Å²) in [5.41, 5.74) is 0.586. The van der Waals surface area contributed by atoms with Gasteiger partial charge in [-0.2, -0.15) is 0 Å². The number of nitrogens with zero attached hydrogens (tertiary/aromatic N) is 1. The standard InChI is InChI=1S/C14H28N2O/c1-3-5-14(6-8-15-9-7-14)12-16-10-4-13(11-16)17-2/h13,15H,3-12H2,1-2H3. The van der Waals surface area contributed by atoms with Crippen molar-refractivity contribution in [2.75, 3.05) is 39.8 Å². The van der Waals surface area contributed by atoms with Crippen molar-refractivity contribution in [1.29, 1.82) is 0 Å². The van der Waals surface area contributed by atoms with E-state index in [0.29, 0.717) is 11.5 Å². The summed E-state index contributed by atoms with van der Waals surface area (Å²) in [5, 5.41) is 3.50. The molecule has 0 radical (unpaired) electrons. The second kappa shape index (κ2) is 6.17. The highest BCUT2D eigenvalue weighted by Crippen LogP contribution is 2.35. The lowest BCUT2D eigenvalue weighted by Gasteiger charge is -2.40. The van der Waals surface area contributed by atoms with Crippen molar-refractivity contribution in [2.45, 2.75) is 45.1 Å². The topological polar surface area (TPSA) is 24.5 Å². The number of methoxy groups -OCH3 is 1. The van der Waals surface area contributed by atoms with Gasteiger partial charge in [0, 0.05) is 26.7 Å². The highest BCUT2D eigenvalue weighted by molar-refractivity contribution is 4.89. The van der Waals surface area contributed by atoms with Gasteiger partial charge in [0.15, 0.2) is 0 Å². The molecular formula is C14H28N2O. The molecule has 0 bridgehead atoms. The molecule has 0 aromatic rings. The Kier molecular flexibility index (Phi) is 4.83. The van der Waals surface area contributed by atoms with E-state index < -0.39 is 0 Å². The average molecular weight is 240 g/mol. The summed E-state index contributed by atoms with van der Waals surface area (Å²) in [5.74, 6) is 0. The maximum Gasteiger partial charge on any atom is 0.0710 e. The van der Waals surface area contributed by atoms with Gasteiger partial charge >= 0.3 is 0 Å². The molecule has 1 unspecified atom stereocenters. The highest BCUT2D eigenvalue weighted by Gasteiger charge is 2.35. The fraction of sp³-hybridized carbons (Fsp3) is 1.00. The first-order chi connectivity index (χ1) is 8.28. The zero-order valence-corrected chi connectivity index (χ0v) is 11.5. The number of likely N-dealkylation sites (tertiary alicyclic amines) is 1. The second-order valence-electron chi connectivity index (χ2n) is 5.88. The Labute approximate surface area is 106 Å². The van der Waals surface area contributed by atoms with Gasteiger partial charge in [0.25, 0.3) is 0 Å². The molecule has 0 aromatic heterocycles. The van der Waals surface area contributed by atoms with Gasteiger partial charge in [-0.25, -0.2) is 0 Å². The molecule has 2 saturated heterocycles. The van der Waals surface area contributed by atoms with Crippen molar-refractivity contribution in [3.05, 3.63) is 0 Å². The largest absolute Gasteiger partial charge is 0.380 e. The molecule has 1 N–H and O–H groups in total. The number of piperidine rings is 1. The van der Waals surface area contributed by atoms with Crippen LogP contribution in [0.1, 0.15) is 39.0 Å². The second-order valence-corrected chi connectivity index (χ2v) is 5.88. The molecule has 0 spiro atoms. The Balaban J connectivity index is 1.88. The highest BCUT2D eigenvalue weighted by atomic mass is 16.5. The van der Waals surface area contributed by atoms with E-state index in [4.69, 9.17) is 4.74 Å². The van der Waals surface area contributed by atoms with Crippen LogP contribution in [0.5, 0.6) is 0 Å². The molecule has 2 aliphatic rings. The summed E-state index contributed by atoms with van der Waals surface area (Å²) in [6.45, 7) is 8.42. The van der Waals surface area contributed by atoms with E-state index in [1.807, 2.05) is 7.11 Å². The third-order valence-corrected chi connectivity index (χ3v) is 4.57. The van der Waals surface area contributed by atoms with Crippen molar-refractivity contribution in [3.63, 3.8) is 0 Å². The average Bonchev–Trinajstić information content (AvgIpc) is 2.78. The van der Waals surface area contributed by atoms with Gasteiger partial charge in [0.05, 0.1) is 6.10 Å². The van der Waals surface area contributed by atoms with Crippen LogP contribution in [0, 0.1) is 5.41 Å². The van der Waals surface area contributed by atoms with Gasteiger partial charge in [-0.05, 0) is 44.2 Å². The Morgan fingerprint density at radius 2 is 2.12 bits per heavy atom. The molecule has 0 aromatic carbocycles. The summed E-state index contributed by atoms with van der Waals surface area (Å²) in [6, 6.07) is 0. The fourth-order valence-corrected chi connectivity index (χ4v) is 3.58. The first-order valence-electron chi connectivity index (χ1n) is 7.24. The van der Waals surface area contributed by atoms with E-state index in [1.54, 1.807) is 0 Å². The van der Waals surface area contributed by atoms with Crippen LogP contribution in [-0.4, -0.2) is 50.8 Å². The molecule has 17 heavy (non-hydrogen) atoms. The molecule has 2 fully saturated rings. The summed E-state index contributed by atoms with van der Waals surface area (Å²) >= 11 is 0. The van der Waals surface area contributed by atoms with E-state index in [2.05, 4.69) is 17.1 Å². The quantitative estimate of drug-likeness (QED) is 0.794. The van der Waals surface area contributed by atoms with Crippen molar-refractivity contribution in [1.82, 2.24) is 10.2 Å². The molecule has 2 aliphatic heterocycles. The lowest BCUT2D eigenvalue weighted by molar-refractivity contribution is 0.0828. The summed E-state index contributed by atoms with van der Waals surface area (Å²) in [4.78, 5) is 2.63. The predicted octanol–water partition coefficient (Wildman–Crippen LogP) is 1.88. The van der Waals surface area contributed by atoms with Crippen LogP contribution in [0.2, 0.25) is 0 Å². The third-order valence-electron chi connectivity index (χ3n) is 4.57. The van der Waals surface area contributed by atoms with Crippen LogP contribution < -0.4 is 5.32 Å². The Bertz CT molecular complexity index is 221. The lowest BCUT2D eigenvalue weighted by Crippen LogP contribution is -2.44. The SMILES string of the molecule is CCCC1(CN2CCC(OC)C2)CCNCC1. The number of hydrogen-bond acceptors (Lipinski definition) is 3. The normalized spacial score (nSPS) is 29.6. The number of hydrogen-bond donors (Lipinski definition) is 1. The van der Waals surface area contributed by atoms with Gasteiger partial charge in [0.2, 0.25) is 0 Å². The molecule has 3 nitrogen and oxygen atoms in total. The van der Waals surface area contributed by atoms with E-state index in [0.717, 1.165) is 6.54 Å². The van der Waals surface area contributed by atoms with Crippen LogP contribution in [0.4, 0.5) is 0 Å². The van der Waals surface area contributed by atoms with Gasteiger partial charge in [-0.3, -0.25) is 0 Å². The number of rotatable bonds is 5. The van der Waals surface area contributed by atoms with Crippen LogP contribution in [0.25, 0.3) is 0 Å². The van der Waals surface area contributed by atoms with Crippen molar-refractivity contribution in [2.24, 2.45) is 5.41 Å². The van der Waals surface area contributed by atoms with E-state index in [1.165, 1.54) is 58.3 Å². The molecular weight excluding hydrogens is 212 g/mol. The molecule has 1 atom stereocenters. The summed E-state index contributed by atoms with van der Waals surface area (Å²) in [6.07, 6.45) is 7.13. The van der Waals surface area contributed by atoms with Crippen molar-refractivity contribution < 1.29 is 4.74 Å². The minimum absolute atomic E-state index is 0.482. The Hall–Kier alpha value is -0.120. The smallest absolute Gasteiger partial charge is 0.0710 e. The first-order valence-corrected chi connectivity index (χ1v) is 7.24. The molecule has 100 valence electrons. The van der Waals surface area contributed by atoms with Crippen LogP contribution >= 0.6 is 0 Å². The van der Waals surface area contributed by atoms with Crippen LogP contribution in [-0.2, 0) is 4.74 Å². The van der Waals surface area contributed by atoms with Gasteiger partial charge in [0.1, 0.15) is 0 Å². The molecule has 0 aliphatic carbocycles. The van der Waals surface area contributed by atoms with E-state index in [9.17, 15) is 0 Å². The predicted molar refractivity (Wildman–Crippen MR) is 71.3 cm³/mol.